The summed E-state index contributed by atoms with van der Waals surface area (Å²) in [5.41, 5.74) is 5.15. The van der Waals surface area contributed by atoms with Gasteiger partial charge in [0.25, 0.3) is 0 Å². The first kappa shape index (κ1) is 23.9. The van der Waals surface area contributed by atoms with Crippen molar-refractivity contribution in [3.8, 4) is 0 Å². The topological polar surface area (TPSA) is 21.7 Å². The summed E-state index contributed by atoms with van der Waals surface area (Å²) < 4.78 is 12.4. The third-order valence-electron chi connectivity index (χ3n) is 8.65. The van der Waals surface area contributed by atoms with Gasteiger partial charge < -0.3 is 9.47 Å². The summed E-state index contributed by atoms with van der Waals surface area (Å²) in [4.78, 5) is 2.74. The molecule has 5 rings (SSSR count). The van der Waals surface area contributed by atoms with Gasteiger partial charge in [-0.25, -0.2) is 0 Å². The molecule has 3 heteroatoms. The molecule has 2 aliphatic carbocycles. The summed E-state index contributed by atoms with van der Waals surface area (Å²) >= 11 is 0. The van der Waals surface area contributed by atoms with Crippen LogP contribution in [0.4, 0.5) is 0 Å². The van der Waals surface area contributed by atoms with Gasteiger partial charge in [-0.05, 0) is 81.0 Å². The van der Waals surface area contributed by atoms with E-state index in [1.165, 1.54) is 23.1 Å². The summed E-state index contributed by atoms with van der Waals surface area (Å²) in [6.45, 7) is 11.2. The second-order valence-electron chi connectivity index (χ2n) is 9.93. The molecule has 3 aliphatic rings. The van der Waals surface area contributed by atoms with E-state index in [4.69, 9.17) is 9.47 Å². The van der Waals surface area contributed by atoms with Crippen molar-refractivity contribution in [2.75, 3.05) is 19.8 Å². The molecule has 0 radical (unpaired) electrons. The van der Waals surface area contributed by atoms with E-state index in [-0.39, 0.29) is 17.0 Å². The average Bonchev–Trinajstić information content (AvgIpc) is 3.34. The van der Waals surface area contributed by atoms with Crippen LogP contribution in [-0.2, 0) is 14.9 Å². The number of nitrogens with zero attached hydrogens (tertiary/aromatic N) is 1. The molecule has 35 heavy (non-hydrogen) atoms. The van der Waals surface area contributed by atoms with Gasteiger partial charge in [-0.1, -0.05) is 67.6 Å². The minimum atomic E-state index is -0.236. The highest BCUT2D eigenvalue weighted by Crippen LogP contribution is 2.66. The highest BCUT2D eigenvalue weighted by molar-refractivity contribution is 5.84. The minimum Gasteiger partial charge on any atom is -0.502 e. The third-order valence-corrected chi connectivity index (χ3v) is 8.65. The molecule has 0 bridgehead atoms. The van der Waals surface area contributed by atoms with E-state index in [2.05, 4.69) is 105 Å². The molecule has 2 fully saturated rings. The predicted molar refractivity (Wildman–Crippen MR) is 144 cm³/mol. The number of hydrogen-bond donors (Lipinski definition) is 0. The Kier molecular flexibility index (Phi) is 6.63. The molecular weight excluding hydrogens is 430 g/mol. The van der Waals surface area contributed by atoms with Crippen molar-refractivity contribution < 1.29 is 9.47 Å². The number of benzene rings is 2. The molecule has 2 aromatic rings. The van der Waals surface area contributed by atoms with Gasteiger partial charge in [-0.15, -0.1) is 0 Å². The molecule has 4 atom stereocenters. The van der Waals surface area contributed by atoms with Crippen LogP contribution in [0, 0.1) is 5.92 Å². The summed E-state index contributed by atoms with van der Waals surface area (Å²) in [7, 11) is 0. The Morgan fingerprint density at radius 1 is 0.971 bits per heavy atom. The zero-order valence-electron chi connectivity index (χ0n) is 21.7. The lowest BCUT2D eigenvalue weighted by molar-refractivity contribution is 0.0626. The van der Waals surface area contributed by atoms with Crippen LogP contribution in [0.25, 0.3) is 5.57 Å². The highest BCUT2D eigenvalue weighted by Gasteiger charge is 2.69. The maximum Gasteiger partial charge on any atom is 0.121 e. The maximum atomic E-state index is 6.59. The Hall–Kier alpha value is -2.78. The van der Waals surface area contributed by atoms with Crippen molar-refractivity contribution in [2.45, 2.75) is 64.0 Å². The minimum absolute atomic E-state index is 0.180. The lowest BCUT2D eigenvalue weighted by Gasteiger charge is -2.48. The number of likely N-dealkylation sites (N-methyl/N-ethyl adjacent to an activating group) is 1. The normalized spacial score (nSPS) is 30.3. The Morgan fingerprint density at radius 3 is 2.34 bits per heavy atom. The van der Waals surface area contributed by atoms with Crippen molar-refractivity contribution >= 4 is 5.57 Å². The molecule has 0 N–H and O–H groups in total. The van der Waals surface area contributed by atoms with Crippen molar-refractivity contribution in [3.05, 3.63) is 102 Å². The van der Waals surface area contributed by atoms with Gasteiger partial charge in [0, 0.05) is 17.4 Å². The van der Waals surface area contributed by atoms with Crippen LogP contribution < -0.4 is 0 Å². The van der Waals surface area contributed by atoms with Crippen LogP contribution in [0.5, 0.6) is 0 Å². The molecule has 0 amide bonds. The van der Waals surface area contributed by atoms with Crippen molar-refractivity contribution in [3.63, 3.8) is 0 Å². The smallest absolute Gasteiger partial charge is 0.121 e. The van der Waals surface area contributed by atoms with Gasteiger partial charge in [0.05, 0.1) is 19.5 Å². The van der Waals surface area contributed by atoms with Gasteiger partial charge in [0.2, 0.25) is 0 Å². The number of allylic oxidation sites excluding steroid dienone is 2. The van der Waals surface area contributed by atoms with E-state index >= 15 is 0 Å². The molecule has 2 aromatic carbocycles. The van der Waals surface area contributed by atoms with Gasteiger partial charge in [-0.3, -0.25) is 4.90 Å². The lowest BCUT2D eigenvalue weighted by Crippen LogP contribution is -2.53. The van der Waals surface area contributed by atoms with E-state index < -0.39 is 0 Å². The van der Waals surface area contributed by atoms with Crippen LogP contribution in [0.2, 0.25) is 0 Å². The first-order valence-corrected chi connectivity index (χ1v) is 13.4. The van der Waals surface area contributed by atoms with E-state index in [0.717, 1.165) is 25.1 Å². The fourth-order valence-electron chi connectivity index (χ4n) is 7.52. The first-order chi connectivity index (χ1) is 17.2. The molecule has 1 saturated carbocycles. The largest absolute Gasteiger partial charge is 0.502 e. The number of likely N-dealkylation sites (tertiary alicyclic amines) is 1. The molecule has 1 saturated heterocycles. The number of ether oxygens (including phenoxy) is 2. The van der Waals surface area contributed by atoms with Crippen molar-refractivity contribution in [1.29, 1.82) is 0 Å². The molecule has 184 valence electrons. The fourth-order valence-corrected chi connectivity index (χ4v) is 7.52. The first-order valence-electron chi connectivity index (χ1n) is 13.4. The summed E-state index contributed by atoms with van der Waals surface area (Å²) in [6, 6.07) is 22.3. The monoisotopic (exact) mass is 469 g/mol. The Morgan fingerprint density at radius 2 is 1.69 bits per heavy atom. The molecule has 1 aliphatic heterocycles. The van der Waals surface area contributed by atoms with Gasteiger partial charge in [0.15, 0.2) is 0 Å². The average molecular weight is 470 g/mol. The number of rotatable bonds is 8. The zero-order chi connectivity index (χ0) is 24.5. The molecular formula is C32H39NO2. The standard InChI is InChI=1S/C32H39NO2/c1-5-33-24(4)31(21-22-34-6-2,26-17-12-9-13-18-26)29-20-14-19-28-27(25-15-10-8-11-16-25)23-30(35-7-3)32(28,29)33/h8-13,15-18,21-24,29H,5-7,14,19-20H2,1-4H3/b22-21-/t24-,29?,31-,32?/m1/s1. The van der Waals surface area contributed by atoms with Crippen LogP contribution in [0.3, 0.4) is 0 Å². The van der Waals surface area contributed by atoms with Crippen LogP contribution >= 0.6 is 0 Å². The van der Waals surface area contributed by atoms with E-state index in [1.807, 2.05) is 6.26 Å². The summed E-state index contributed by atoms with van der Waals surface area (Å²) in [5.74, 6) is 1.49. The number of hydrogen-bond acceptors (Lipinski definition) is 3. The van der Waals surface area contributed by atoms with Crippen molar-refractivity contribution in [2.24, 2.45) is 5.92 Å². The third kappa shape index (κ3) is 3.42. The quantitative estimate of drug-likeness (QED) is 0.384. The van der Waals surface area contributed by atoms with Crippen molar-refractivity contribution in [1.82, 2.24) is 4.90 Å². The van der Waals surface area contributed by atoms with Gasteiger partial charge >= 0.3 is 0 Å². The van der Waals surface area contributed by atoms with E-state index in [0.29, 0.717) is 19.1 Å². The SMILES string of the molecule is CCO/C=C\[C@@]1(c2ccccc2)C2CCCC3=C(c4ccccc4)C=C(OCC)C32N(CC)[C@@H]1C. The summed E-state index contributed by atoms with van der Waals surface area (Å²) in [5, 5.41) is 0. The van der Waals surface area contributed by atoms with Gasteiger partial charge in [0.1, 0.15) is 11.3 Å². The molecule has 1 spiro atoms. The van der Waals surface area contributed by atoms with E-state index in [1.54, 1.807) is 5.57 Å². The van der Waals surface area contributed by atoms with E-state index in [9.17, 15) is 0 Å². The summed E-state index contributed by atoms with van der Waals surface area (Å²) in [6.07, 6.45) is 10.2. The second kappa shape index (κ2) is 9.70. The molecule has 3 nitrogen and oxygen atoms in total. The van der Waals surface area contributed by atoms with Crippen LogP contribution in [0.1, 0.15) is 58.1 Å². The molecule has 1 heterocycles. The fraction of sp³-hybridized carbons (Fsp3) is 0.438. The van der Waals surface area contributed by atoms with Crippen LogP contribution in [0.15, 0.2) is 90.4 Å². The lowest BCUT2D eigenvalue weighted by atomic mass is 9.58. The molecule has 2 unspecified atom stereocenters. The Balaban J connectivity index is 1.80. The Bertz CT molecular complexity index is 1120. The predicted octanol–water partition coefficient (Wildman–Crippen LogP) is 7.13. The Labute approximate surface area is 211 Å². The maximum absolute atomic E-state index is 6.59. The highest BCUT2D eigenvalue weighted by atomic mass is 16.5. The molecule has 0 aromatic heterocycles. The van der Waals surface area contributed by atoms with Crippen LogP contribution in [-0.4, -0.2) is 36.2 Å². The second-order valence-corrected chi connectivity index (χ2v) is 9.93. The van der Waals surface area contributed by atoms with Gasteiger partial charge in [-0.2, -0.15) is 0 Å². The zero-order valence-corrected chi connectivity index (χ0v) is 21.7.